The third-order valence-corrected chi connectivity index (χ3v) is 2.66. The van der Waals surface area contributed by atoms with E-state index < -0.39 is 11.6 Å². The van der Waals surface area contributed by atoms with Crippen molar-refractivity contribution in [3.8, 4) is 0 Å². The van der Waals surface area contributed by atoms with Crippen LogP contribution < -0.4 is 10.6 Å². The van der Waals surface area contributed by atoms with Crippen LogP contribution in [0.4, 0.5) is 20.2 Å². The molecule has 0 radical (unpaired) electrons. The van der Waals surface area contributed by atoms with E-state index in [0.717, 1.165) is 23.4 Å². The van der Waals surface area contributed by atoms with Gasteiger partial charge in [-0.05, 0) is 49.0 Å². The summed E-state index contributed by atoms with van der Waals surface area (Å²) < 4.78 is 25.8. The molecule has 2 aromatic carbocycles. The summed E-state index contributed by atoms with van der Waals surface area (Å²) in [5.74, 6) is -1.80. The van der Waals surface area contributed by atoms with Crippen LogP contribution in [0.25, 0.3) is 0 Å². The van der Waals surface area contributed by atoms with E-state index in [1.54, 1.807) is 0 Å². The fraction of sp³-hybridized carbons (Fsp3) is 0.0714. The Kier molecular flexibility index (Phi) is 4.06. The number of hydrogen-bond acceptors (Lipinski definition) is 1. The molecule has 0 spiro atoms. The number of halogens is 2. The topological polar surface area (TPSA) is 24.1 Å². The lowest BCUT2D eigenvalue weighted by molar-refractivity contribution is 0.509. The molecule has 0 aliphatic rings. The zero-order chi connectivity index (χ0) is 13.8. The molecule has 0 unspecified atom stereocenters. The Balaban J connectivity index is 2.03. The molecule has 2 N–H and O–H groups in total. The summed E-state index contributed by atoms with van der Waals surface area (Å²) in [6.45, 7) is 1.97. The van der Waals surface area contributed by atoms with Crippen LogP contribution >= 0.6 is 12.2 Å². The summed E-state index contributed by atoms with van der Waals surface area (Å²) in [5.41, 5.74) is 2.32. The van der Waals surface area contributed by atoms with Gasteiger partial charge in [0.2, 0.25) is 0 Å². The Hall–Kier alpha value is -2.01. The molecule has 98 valence electrons. The van der Waals surface area contributed by atoms with Crippen molar-refractivity contribution in [2.75, 3.05) is 10.6 Å². The van der Waals surface area contributed by atoms with Crippen molar-refractivity contribution in [3.05, 3.63) is 59.7 Å². The van der Waals surface area contributed by atoms with E-state index in [9.17, 15) is 8.78 Å². The van der Waals surface area contributed by atoms with Crippen LogP contribution in [0.2, 0.25) is 0 Å². The molecule has 0 aliphatic carbocycles. The lowest BCUT2D eigenvalue weighted by Gasteiger charge is -2.11. The molecule has 2 rings (SSSR count). The number of rotatable bonds is 2. The maximum atomic E-state index is 13.0. The number of aryl methyl sites for hydroxylation is 1. The Morgan fingerprint density at radius 1 is 0.947 bits per heavy atom. The fourth-order valence-corrected chi connectivity index (χ4v) is 1.83. The predicted molar refractivity (Wildman–Crippen MR) is 77.4 cm³/mol. The average Bonchev–Trinajstić information content (AvgIpc) is 2.34. The smallest absolute Gasteiger partial charge is 0.175 e. The predicted octanol–water partition coefficient (Wildman–Crippen LogP) is 4.08. The van der Waals surface area contributed by atoms with Gasteiger partial charge in [-0.2, -0.15) is 0 Å². The van der Waals surface area contributed by atoms with Crippen LogP contribution in [0.3, 0.4) is 0 Å². The van der Waals surface area contributed by atoms with E-state index in [-0.39, 0.29) is 0 Å². The SMILES string of the molecule is Cc1cccc(NC(=S)Nc2ccc(F)c(F)c2)c1. The van der Waals surface area contributed by atoms with E-state index in [1.165, 1.54) is 6.07 Å². The summed E-state index contributed by atoms with van der Waals surface area (Å²) >= 11 is 5.10. The van der Waals surface area contributed by atoms with E-state index in [4.69, 9.17) is 12.2 Å². The van der Waals surface area contributed by atoms with E-state index in [2.05, 4.69) is 10.6 Å². The second-order valence-electron chi connectivity index (χ2n) is 4.08. The minimum atomic E-state index is -0.914. The summed E-state index contributed by atoms with van der Waals surface area (Å²) in [7, 11) is 0. The van der Waals surface area contributed by atoms with E-state index in [1.807, 2.05) is 31.2 Å². The number of nitrogens with one attached hydrogen (secondary N) is 2. The molecule has 2 nitrogen and oxygen atoms in total. The van der Waals surface area contributed by atoms with Gasteiger partial charge in [-0.15, -0.1) is 0 Å². The first kappa shape index (κ1) is 13.4. The zero-order valence-corrected chi connectivity index (χ0v) is 11.0. The fourth-order valence-electron chi connectivity index (χ4n) is 1.59. The average molecular weight is 278 g/mol. The highest BCUT2D eigenvalue weighted by Crippen LogP contribution is 2.14. The van der Waals surface area contributed by atoms with Crippen molar-refractivity contribution in [1.29, 1.82) is 0 Å². The van der Waals surface area contributed by atoms with Crippen molar-refractivity contribution >= 4 is 28.7 Å². The molecule has 5 heteroatoms. The van der Waals surface area contributed by atoms with Gasteiger partial charge >= 0.3 is 0 Å². The molecule has 2 aromatic rings. The highest BCUT2D eigenvalue weighted by atomic mass is 32.1. The van der Waals surface area contributed by atoms with Gasteiger partial charge in [-0.25, -0.2) is 8.78 Å². The molecule has 0 saturated carbocycles. The van der Waals surface area contributed by atoms with Gasteiger partial charge in [0.15, 0.2) is 16.7 Å². The van der Waals surface area contributed by atoms with Crippen LogP contribution in [-0.4, -0.2) is 5.11 Å². The molecule has 0 fully saturated rings. The minimum absolute atomic E-state index is 0.316. The second-order valence-corrected chi connectivity index (χ2v) is 4.49. The van der Waals surface area contributed by atoms with Gasteiger partial charge in [0.05, 0.1) is 0 Å². The third kappa shape index (κ3) is 3.72. The van der Waals surface area contributed by atoms with Gasteiger partial charge in [-0.3, -0.25) is 0 Å². The lowest BCUT2D eigenvalue weighted by atomic mass is 10.2. The standard InChI is InChI=1S/C14H12F2N2S/c1-9-3-2-4-10(7-9)17-14(19)18-11-5-6-12(15)13(16)8-11/h2-8H,1H3,(H2,17,18,19). The second kappa shape index (κ2) is 5.75. The monoisotopic (exact) mass is 278 g/mol. The minimum Gasteiger partial charge on any atom is -0.332 e. The van der Waals surface area contributed by atoms with Crippen LogP contribution in [0.1, 0.15) is 5.56 Å². The van der Waals surface area contributed by atoms with Gasteiger partial charge in [0.25, 0.3) is 0 Å². The van der Waals surface area contributed by atoms with Gasteiger partial charge < -0.3 is 10.6 Å². The summed E-state index contributed by atoms with van der Waals surface area (Å²) in [5, 5.41) is 6.08. The first-order valence-corrected chi connectivity index (χ1v) is 6.05. The van der Waals surface area contributed by atoms with Crippen molar-refractivity contribution < 1.29 is 8.78 Å². The summed E-state index contributed by atoms with van der Waals surface area (Å²) in [6.07, 6.45) is 0. The normalized spacial score (nSPS) is 10.1. The number of benzene rings is 2. The first-order chi connectivity index (χ1) is 9.04. The highest BCUT2D eigenvalue weighted by Gasteiger charge is 2.04. The molecule has 0 bridgehead atoms. The Morgan fingerprint density at radius 2 is 1.63 bits per heavy atom. The van der Waals surface area contributed by atoms with E-state index in [0.29, 0.717) is 10.8 Å². The Labute approximate surface area is 115 Å². The Bertz CT molecular complexity index is 614. The molecule has 19 heavy (non-hydrogen) atoms. The molecular weight excluding hydrogens is 266 g/mol. The quantitative estimate of drug-likeness (QED) is 0.809. The van der Waals surface area contributed by atoms with Crippen LogP contribution in [-0.2, 0) is 0 Å². The van der Waals surface area contributed by atoms with Gasteiger partial charge in [0, 0.05) is 17.4 Å². The van der Waals surface area contributed by atoms with Crippen molar-refractivity contribution in [2.24, 2.45) is 0 Å². The summed E-state index contributed by atoms with van der Waals surface area (Å²) in [4.78, 5) is 0. The van der Waals surface area contributed by atoms with E-state index >= 15 is 0 Å². The largest absolute Gasteiger partial charge is 0.332 e. The summed E-state index contributed by atoms with van der Waals surface area (Å²) in [6, 6.07) is 11.2. The molecule has 0 heterocycles. The molecule has 0 saturated heterocycles. The van der Waals surface area contributed by atoms with Crippen LogP contribution in [0, 0.1) is 18.6 Å². The van der Waals surface area contributed by atoms with Crippen molar-refractivity contribution in [2.45, 2.75) is 6.92 Å². The zero-order valence-electron chi connectivity index (χ0n) is 10.2. The van der Waals surface area contributed by atoms with Crippen LogP contribution in [0.5, 0.6) is 0 Å². The highest BCUT2D eigenvalue weighted by molar-refractivity contribution is 7.80. The number of thiocarbonyl (C=S) groups is 1. The third-order valence-electron chi connectivity index (χ3n) is 2.45. The van der Waals surface area contributed by atoms with Crippen molar-refractivity contribution in [3.63, 3.8) is 0 Å². The van der Waals surface area contributed by atoms with Gasteiger partial charge in [0.1, 0.15) is 0 Å². The van der Waals surface area contributed by atoms with Crippen LogP contribution in [0.15, 0.2) is 42.5 Å². The first-order valence-electron chi connectivity index (χ1n) is 5.64. The van der Waals surface area contributed by atoms with Gasteiger partial charge in [-0.1, -0.05) is 12.1 Å². The maximum absolute atomic E-state index is 13.0. The number of anilines is 2. The molecular formula is C14H12F2N2S. The molecule has 0 amide bonds. The molecule has 0 aromatic heterocycles. The Morgan fingerprint density at radius 3 is 2.26 bits per heavy atom. The lowest BCUT2D eigenvalue weighted by Crippen LogP contribution is -2.19. The van der Waals surface area contributed by atoms with Crippen molar-refractivity contribution in [1.82, 2.24) is 0 Å². The molecule has 0 atom stereocenters. The maximum Gasteiger partial charge on any atom is 0.175 e. The number of hydrogen-bond donors (Lipinski definition) is 2. The molecule has 0 aliphatic heterocycles.